The molecule has 1 unspecified atom stereocenters. The van der Waals surface area contributed by atoms with Gasteiger partial charge in [-0.05, 0) is 41.7 Å². The molecule has 5 heteroatoms. The molecule has 1 atom stereocenters. The molecule has 0 saturated carbocycles. The fraction of sp³-hybridized carbons (Fsp3) is 0.333. The molecule has 1 aromatic heterocycles. The lowest BCUT2D eigenvalue weighted by Crippen LogP contribution is -2.43. The number of rotatable bonds is 5. The molecule has 3 rings (SSSR count). The van der Waals surface area contributed by atoms with Crippen LogP contribution in [0.4, 0.5) is 4.79 Å². The number of pyridine rings is 1. The van der Waals surface area contributed by atoms with Crippen molar-refractivity contribution in [3.8, 4) is 0 Å². The third kappa shape index (κ3) is 3.51. The van der Waals surface area contributed by atoms with Crippen LogP contribution in [0.1, 0.15) is 29.2 Å². The Morgan fingerprint density at radius 3 is 2.83 bits per heavy atom. The summed E-state index contributed by atoms with van der Waals surface area (Å²) in [6.07, 6.45) is 5.29. The number of aliphatic hydroxyl groups excluding tert-OH is 1. The molecule has 2 amide bonds. The summed E-state index contributed by atoms with van der Waals surface area (Å²) in [7, 11) is 0. The summed E-state index contributed by atoms with van der Waals surface area (Å²) in [6.45, 7) is 0.750. The summed E-state index contributed by atoms with van der Waals surface area (Å²) < 4.78 is 0. The van der Waals surface area contributed by atoms with E-state index in [-0.39, 0.29) is 18.7 Å². The summed E-state index contributed by atoms with van der Waals surface area (Å²) in [5, 5.41) is 12.3. The van der Waals surface area contributed by atoms with Gasteiger partial charge in [0.25, 0.3) is 0 Å². The zero-order valence-electron chi connectivity index (χ0n) is 13.0. The number of aliphatic hydroxyl groups is 1. The van der Waals surface area contributed by atoms with E-state index in [4.69, 9.17) is 0 Å². The van der Waals surface area contributed by atoms with E-state index in [1.54, 1.807) is 17.3 Å². The Bertz CT molecular complexity index is 660. The van der Waals surface area contributed by atoms with Crippen molar-refractivity contribution in [1.29, 1.82) is 0 Å². The Morgan fingerprint density at radius 2 is 2.04 bits per heavy atom. The highest BCUT2D eigenvalue weighted by atomic mass is 16.3. The van der Waals surface area contributed by atoms with E-state index >= 15 is 0 Å². The van der Waals surface area contributed by atoms with E-state index < -0.39 is 0 Å². The minimum Gasteiger partial charge on any atom is -0.395 e. The molecule has 23 heavy (non-hydrogen) atoms. The maximum atomic E-state index is 12.6. The molecule has 1 heterocycles. The van der Waals surface area contributed by atoms with Crippen LogP contribution in [0.25, 0.3) is 0 Å². The second-order valence-corrected chi connectivity index (χ2v) is 5.68. The molecule has 0 aliphatic heterocycles. The van der Waals surface area contributed by atoms with Crippen molar-refractivity contribution >= 4 is 6.03 Å². The molecule has 2 N–H and O–H groups in total. The SMILES string of the molecule is O=C(NCc1ccncc1)N(CCO)C1CCc2ccccc21. The quantitative estimate of drug-likeness (QED) is 0.890. The number of hydrogen-bond acceptors (Lipinski definition) is 3. The van der Waals surface area contributed by atoms with Crippen LogP contribution in [0.15, 0.2) is 48.8 Å². The standard InChI is InChI=1S/C18H21N3O2/c22-12-11-21(17-6-5-15-3-1-2-4-16(15)17)18(23)20-13-14-7-9-19-10-8-14/h1-4,7-10,17,22H,5-6,11-13H2,(H,20,23). The Hall–Kier alpha value is -2.40. The van der Waals surface area contributed by atoms with E-state index in [1.165, 1.54) is 11.1 Å². The number of benzene rings is 1. The van der Waals surface area contributed by atoms with Crippen LogP contribution in [-0.2, 0) is 13.0 Å². The number of carbonyl (C=O) groups is 1. The molecular formula is C18H21N3O2. The minimum atomic E-state index is -0.141. The van der Waals surface area contributed by atoms with Crippen molar-refractivity contribution in [2.75, 3.05) is 13.2 Å². The van der Waals surface area contributed by atoms with Crippen LogP contribution in [0, 0.1) is 0 Å². The molecule has 5 nitrogen and oxygen atoms in total. The Morgan fingerprint density at radius 1 is 1.26 bits per heavy atom. The van der Waals surface area contributed by atoms with E-state index in [0.29, 0.717) is 13.1 Å². The normalized spacial score (nSPS) is 16.0. The first-order chi connectivity index (χ1) is 11.3. The van der Waals surface area contributed by atoms with Gasteiger partial charge in [0, 0.05) is 25.5 Å². The first-order valence-corrected chi connectivity index (χ1v) is 7.91. The van der Waals surface area contributed by atoms with Gasteiger partial charge < -0.3 is 15.3 Å². The summed E-state index contributed by atoms with van der Waals surface area (Å²) in [5.41, 5.74) is 3.49. The van der Waals surface area contributed by atoms with E-state index in [0.717, 1.165) is 18.4 Å². The highest BCUT2D eigenvalue weighted by molar-refractivity contribution is 5.75. The topological polar surface area (TPSA) is 65.5 Å². The molecule has 0 bridgehead atoms. The highest BCUT2D eigenvalue weighted by Crippen LogP contribution is 2.35. The van der Waals surface area contributed by atoms with Crippen LogP contribution in [0.5, 0.6) is 0 Å². The summed E-state index contributed by atoms with van der Waals surface area (Å²) in [5.74, 6) is 0. The van der Waals surface area contributed by atoms with Crippen molar-refractivity contribution in [2.24, 2.45) is 0 Å². The fourth-order valence-corrected chi connectivity index (χ4v) is 3.14. The monoisotopic (exact) mass is 311 g/mol. The maximum Gasteiger partial charge on any atom is 0.318 e. The van der Waals surface area contributed by atoms with Gasteiger partial charge >= 0.3 is 6.03 Å². The van der Waals surface area contributed by atoms with Crippen LogP contribution in [0.3, 0.4) is 0 Å². The number of aryl methyl sites for hydroxylation is 1. The zero-order valence-corrected chi connectivity index (χ0v) is 13.0. The smallest absolute Gasteiger partial charge is 0.318 e. The summed E-state index contributed by atoms with van der Waals surface area (Å²) >= 11 is 0. The average Bonchev–Trinajstić information content (AvgIpc) is 3.02. The Kier molecular flexibility index (Phi) is 4.88. The van der Waals surface area contributed by atoms with Gasteiger partial charge in [-0.25, -0.2) is 4.79 Å². The number of aromatic nitrogens is 1. The summed E-state index contributed by atoms with van der Waals surface area (Å²) in [4.78, 5) is 18.3. The van der Waals surface area contributed by atoms with E-state index in [2.05, 4.69) is 22.4 Å². The van der Waals surface area contributed by atoms with Crippen molar-refractivity contribution < 1.29 is 9.90 Å². The van der Waals surface area contributed by atoms with Gasteiger partial charge in [0.1, 0.15) is 0 Å². The molecule has 120 valence electrons. The van der Waals surface area contributed by atoms with Crippen molar-refractivity contribution in [3.63, 3.8) is 0 Å². The molecule has 0 saturated heterocycles. The molecule has 0 spiro atoms. The number of nitrogens with zero attached hydrogens (tertiary/aromatic N) is 2. The van der Waals surface area contributed by atoms with Gasteiger partial charge in [0.05, 0.1) is 12.6 Å². The third-order valence-electron chi connectivity index (χ3n) is 4.27. The van der Waals surface area contributed by atoms with E-state index in [1.807, 2.05) is 24.3 Å². The molecule has 0 radical (unpaired) electrons. The zero-order chi connectivity index (χ0) is 16.1. The maximum absolute atomic E-state index is 12.6. The van der Waals surface area contributed by atoms with Crippen LogP contribution < -0.4 is 5.32 Å². The number of amides is 2. The van der Waals surface area contributed by atoms with Crippen LogP contribution in [0.2, 0.25) is 0 Å². The van der Waals surface area contributed by atoms with Gasteiger partial charge in [0.2, 0.25) is 0 Å². The molecule has 1 aromatic carbocycles. The number of fused-ring (bicyclic) bond motifs is 1. The molecule has 0 fully saturated rings. The van der Waals surface area contributed by atoms with Gasteiger partial charge in [-0.2, -0.15) is 0 Å². The lowest BCUT2D eigenvalue weighted by atomic mass is 10.1. The summed E-state index contributed by atoms with van der Waals surface area (Å²) in [6, 6.07) is 11.9. The largest absolute Gasteiger partial charge is 0.395 e. The predicted octanol–water partition coefficient (Wildman–Crippen LogP) is 2.27. The van der Waals surface area contributed by atoms with Crippen molar-refractivity contribution in [1.82, 2.24) is 15.2 Å². The molecule has 2 aromatic rings. The second kappa shape index (κ2) is 7.24. The second-order valence-electron chi connectivity index (χ2n) is 5.68. The lowest BCUT2D eigenvalue weighted by molar-refractivity contribution is 0.151. The number of carbonyl (C=O) groups excluding carboxylic acids is 1. The average molecular weight is 311 g/mol. The third-order valence-corrected chi connectivity index (χ3v) is 4.27. The Balaban J connectivity index is 1.70. The number of urea groups is 1. The lowest BCUT2D eigenvalue weighted by Gasteiger charge is -2.29. The molecule has 1 aliphatic rings. The first kappa shape index (κ1) is 15.5. The van der Waals surface area contributed by atoms with Gasteiger partial charge in [-0.1, -0.05) is 24.3 Å². The highest BCUT2D eigenvalue weighted by Gasteiger charge is 2.30. The van der Waals surface area contributed by atoms with E-state index in [9.17, 15) is 9.90 Å². The van der Waals surface area contributed by atoms with Gasteiger partial charge in [-0.3, -0.25) is 4.98 Å². The minimum absolute atomic E-state index is 0.0378. The van der Waals surface area contributed by atoms with Crippen molar-refractivity contribution in [3.05, 3.63) is 65.5 Å². The van der Waals surface area contributed by atoms with Crippen molar-refractivity contribution in [2.45, 2.75) is 25.4 Å². The van der Waals surface area contributed by atoms with Gasteiger partial charge in [0.15, 0.2) is 0 Å². The van der Waals surface area contributed by atoms with Crippen LogP contribution >= 0.6 is 0 Å². The number of hydrogen-bond donors (Lipinski definition) is 2. The first-order valence-electron chi connectivity index (χ1n) is 7.91. The van der Waals surface area contributed by atoms with Gasteiger partial charge in [-0.15, -0.1) is 0 Å². The molecular weight excluding hydrogens is 290 g/mol. The van der Waals surface area contributed by atoms with Crippen LogP contribution in [-0.4, -0.2) is 34.2 Å². The molecule has 1 aliphatic carbocycles. The Labute approximate surface area is 136 Å². The predicted molar refractivity (Wildman–Crippen MR) is 87.8 cm³/mol. The number of nitrogens with one attached hydrogen (secondary N) is 1. The fourth-order valence-electron chi connectivity index (χ4n) is 3.14.